The number of benzene rings is 1. The Morgan fingerprint density at radius 1 is 1.39 bits per heavy atom. The van der Waals surface area contributed by atoms with Crippen molar-refractivity contribution in [3.05, 3.63) is 40.5 Å². The molecule has 1 aromatic carbocycles. The van der Waals surface area contributed by atoms with Crippen molar-refractivity contribution in [2.24, 2.45) is 12.2 Å². The van der Waals surface area contributed by atoms with Gasteiger partial charge in [-0.3, -0.25) is 4.68 Å². The Kier molecular flexibility index (Phi) is 3.93. The van der Waals surface area contributed by atoms with E-state index in [1.807, 2.05) is 38.2 Å². The molecule has 0 aliphatic rings. The average Bonchev–Trinajstić information content (AvgIpc) is 2.59. The highest BCUT2D eigenvalue weighted by atomic mass is 35.5. The molecule has 1 aromatic heterocycles. The van der Waals surface area contributed by atoms with E-state index in [4.69, 9.17) is 16.8 Å². The molecule has 94 valence electrons. The van der Waals surface area contributed by atoms with Gasteiger partial charge in [0.05, 0.1) is 17.5 Å². The minimum absolute atomic E-state index is 0.706. The molecule has 0 amide bonds. The van der Waals surface area contributed by atoms with Crippen LogP contribution in [0.1, 0.15) is 11.3 Å². The molecule has 0 aliphatic heterocycles. The van der Waals surface area contributed by atoms with Crippen molar-refractivity contribution in [2.75, 3.05) is 0 Å². The van der Waals surface area contributed by atoms with Gasteiger partial charge in [0.15, 0.2) is 0 Å². The van der Waals surface area contributed by atoms with E-state index in [1.54, 1.807) is 16.4 Å². The highest BCUT2D eigenvalue weighted by Gasteiger charge is 2.13. The van der Waals surface area contributed by atoms with Gasteiger partial charge in [-0.05, 0) is 31.2 Å². The molecule has 1 N–H and O–H groups in total. The number of hydrogen-bond acceptors (Lipinski definition) is 4. The molecule has 0 bridgehead atoms. The van der Waals surface area contributed by atoms with Crippen LogP contribution in [0.2, 0.25) is 5.02 Å². The van der Waals surface area contributed by atoms with Crippen molar-refractivity contribution in [2.45, 2.75) is 16.8 Å². The van der Waals surface area contributed by atoms with Crippen molar-refractivity contribution < 1.29 is 5.21 Å². The zero-order chi connectivity index (χ0) is 13.1. The third kappa shape index (κ3) is 2.68. The maximum Gasteiger partial charge on any atom is 0.108 e. The normalized spacial score (nSPS) is 11.3. The van der Waals surface area contributed by atoms with Crippen LogP contribution in [0.4, 0.5) is 0 Å². The van der Waals surface area contributed by atoms with Crippen LogP contribution in [0.5, 0.6) is 0 Å². The van der Waals surface area contributed by atoms with Crippen LogP contribution in [0.3, 0.4) is 0 Å². The predicted molar refractivity (Wildman–Crippen MR) is 72.9 cm³/mol. The molecule has 0 spiro atoms. The summed E-state index contributed by atoms with van der Waals surface area (Å²) in [6.07, 6.45) is 1.40. The van der Waals surface area contributed by atoms with Crippen LogP contribution < -0.4 is 0 Å². The number of rotatable bonds is 3. The van der Waals surface area contributed by atoms with Gasteiger partial charge in [0.1, 0.15) is 5.03 Å². The quantitative estimate of drug-likeness (QED) is 0.533. The highest BCUT2D eigenvalue weighted by molar-refractivity contribution is 7.99. The number of aromatic nitrogens is 2. The summed E-state index contributed by atoms with van der Waals surface area (Å²) in [7, 11) is 1.86. The average molecular weight is 282 g/mol. The zero-order valence-corrected chi connectivity index (χ0v) is 11.5. The van der Waals surface area contributed by atoms with Gasteiger partial charge in [0.2, 0.25) is 0 Å². The summed E-state index contributed by atoms with van der Waals surface area (Å²) in [6, 6.07) is 7.56. The van der Waals surface area contributed by atoms with E-state index in [2.05, 4.69) is 10.3 Å². The smallest absolute Gasteiger partial charge is 0.108 e. The second kappa shape index (κ2) is 5.46. The number of oxime groups is 1. The van der Waals surface area contributed by atoms with E-state index in [0.29, 0.717) is 5.02 Å². The molecule has 0 unspecified atom stereocenters. The Balaban J connectivity index is 2.36. The lowest BCUT2D eigenvalue weighted by Gasteiger charge is -2.03. The summed E-state index contributed by atoms with van der Waals surface area (Å²) in [5.41, 5.74) is 1.65. The number of halogens is 1. The molecule has 0 atom stereocenters. The van der Waals surface area contributed by atoms with Crippen molar-refractivity contribution in [1.29, 1.82) is 0 Å². The first-order valence-electron chi connectivity index (χ1n) is 5.26. The van der Waals surface area contributed by atoms with E-state index in [-0.39, 0.29) is 0 Å². The van der Waals surface area contributed by atoms with E-state index in [0.717, 1.165) is 21.2 Å². The van der Waals surface area contributed by atoms with E-state index >= 15 is 0 Å². The fraction of sp³-hybridized carbons (Fsp3) is 0.167. The van der Waals surface area contributed by atoms with Crippen molar-refractivity contribution >= 4 is 29.6 Å². The summed E-state index contributed by atoms with van der Waals surface area (Å²) in [5.74, 6) is 0. The molecule has 0 radical (unpaired) electrons. The van der Waals surface area contributed by atoms with Crippen LogP contribution in [-0.2, 0) is 7.05 Å². The van der Waals surface area contributed by atoms with Gasteiger partial charge in [0, 0.05) is 17.0 Å². The van der Waals surface area contributed by atoms with E-state index < -0.39 is 0 Å². The molecule has 2 aromatic rings. The number of hydrogen-bond donors (Lipinski definition) is 1. The van der Waals surface area contributed by atoms with Crippen molar-refractivity contribution in [3.8, 4) is 0 Å². The molecule has 0 saturated carbocycles. The standard InChI is InChI=1S/C12H12ClN3OS/c1-8-11(7-14-17)12(16(2)15-8)18-10-5-3-9(13)4-6-10/h3-7,17H,1-2H3. The molecule has 6 heteroatoms. The minimum atomic E-state index is 0.706. The number of nitrogens with zero attached hydrogens (tertiary/aromatic N) is 3. The Morgan fingerprint density at radius 2 is 2.06 bits per heavy atom. The van der Waals surface area contributed by atoms with E-state index in [1.165, 1.54) is 6.21 Å². The molecule has 1 heterocycles. The van der Waals surface area contributed by atoms with Gasteiger partial charge in [-0.2, -0.15) is 5.10 Å². The first-order valence-corrected chi connectivity index (χ1v) is 6.45. The minimum Gasteiger partial charge on any atom is -0.411 e. The fourth-order valence-electron chi connectivity index (χ4n) is 1.60. The first-order chi connectivity index (χ1) is 8.61. The van der Waals surface area contributed by atoms with Crippen LogP contribution >= 0.6 is 23.4 Å². The molecule has 18 heavy (non-hydrogen) atoms. The van der Waals surface area contributed by atoms with Gasteiger partial charge in [-0.25, -0.2) is 0 Å². The van der Waals surface area contributed by atoms with E-state index in [9.17, 15) is 0 Å². The summed E-state index contributed by atoms with van der Waals surface area (Å²) < 4.78 is 1.77. The molecule has 4 nitrogen and oxygen atoms in total. The molecular formula is C12H12ClN3OS. The Labute approximate surface area is 114 Å². The summed E-state index contributed by atoms with van der Waals surface area (Å²) in [5, 5.41) is 17.7. The molecule has 2 rings (SSSR count). The van der Waals surface area contributed by atoms with Crippen molar-refractivity contribution in [1.82, 2.24) is 9.78 Å². The van der Waals surface area contributed by atoms with Gasteiger partial charge < -0.3 is 5.21 Å². The number of aryl methyl sites for hydroxylation is 2. The van der Waals surface area contributed by atoms with Crippen LogP contribution in [0.15, 0.2) is 39.3 Å². The highest BCUT2D eigenvalue weighted by Crippen LogP contribution is 2.31. The van der Waals surface area contributed by atoms with Gasteiger partial charge >= 0.3 is 0 Å². The molecule has 0 fully saturated rings. The maximum atomic E-state index is 8.69. The lowest BCUT2D eigenvalue weighted by atomic mass is 10.3. The first kappa shape index (κ1) is 13.0. The molecular weight excluding hydrogens is 270 g/mol. The monoisotopic (exact) mass is 281 g/mol. The third-order valence-corrected chi connectivity index (χ3v) is 3.87. The van der Waals surface area contributed by atoms with Crippen LogP contribution in [0, 0.1) is 6.92 Å². The third-order valence-electron chi connectivity index (χ3n) is 2.43. The zero-order valence-electron chi connectivity index (χ0n) is 9.96. The van der Waals surface area contributed by atoms with Gasteiger partial charge in [-0.15, -0.1) is 0 Å². The lowest BCUT2D eigenvalue weighted by molar-refractivity contribution is 0.321. The predicted octanol–water partition coefficient (Wildman–Crippen LogP) is 3.34. The molecule has 0 saturated heterocycles. The Morgan fingerprint density at radius 3 is 2.67 bits per heavy atom. The topological polar surface area (TPSA) is 50.4 Å². The second-order valence-electron chi connectivity index (χ2n) is 3.73. The largest absolute Gasteiger partial charge is 0.411 e. The molecule has 0 aliphatic carbocycles. The van der Waals surface area contributed by atoms with Crippen molar-refractivity contribution in [3.63, 3.8) is 0 Å². The Hall–Kier alpha value is -1.46. The van der Waals surface area contributed by atoms with Gasteiger partial charge in [0.25, 0.3) is 0 Å². The maximum absolute atomic E-state index is 8.69. The van der Waals surface area contributed by atoms with Crippen LogP contribution in [-0.4, -0.2) is 21.2 Å². The SMILES string of the molecule is Cc1nn(C)c(Sc2ccc(Cl)cc2)c1C=NO. The van der Waals surface area contributed by atoms with Gasteiger partial charge in [-0.1, -0.05) is 28.5 Å². The fourth-order valence-corrected chi connectivity index (χ4v) is 2.70. The summed E-state index contributed by atoms with van der Waals surface area (Å²) >= 11 is 7.40. The Bertz CT molecular complexity index is 578. The second-order valence-corrected chi connectivity index (χ2v) is 5.23. The van der Waals surface area contributed by atoms with Crippen LogP contribution in [0.25, 0.3) is 0 Å². The summed E-state index contributed by atoms with van der Waals surface area (Å²) in [4.78, 5) is 1.05. The summed E-state index contributed by atoms with van der Waals surface area (Å²) in [6.45, 7) is 1.88. The lowest BCUT2D eigenvalue weighted by Crippen LogP contribution is -1.93.